The number of nitrogens with zero attached hydrogens (tertiary/aromatic N) is 2. The molecule has 1 atom stereocenters. The molecule has 23 heavy (non-hydrogen) atoms. The number of hydrogen-bond acceptors (Lipinski definition) is 4. The summed E-state index contributed by atoms with van der Waals surface area (Å²) in [7, 11) is 0. The van der Waals surface area contributed by atoms with E-state index in [4.69, 9.17) is 11.6 Å². The molecule has 0 fully saturated rings. The lowest BCUT2D eigenvalue weighted by atomic mass is 9.98. The van der Waals surface area contributed by atoms with E-state index >= 15 is 0 Å². The van der Waals surface area contributed by atoms with E-state index in [1.165, 1.54) is 6.07 Å². The summed E-state index contributed by atoms with van der Waals surface area (Å²) in [5.74, 6) is -1.72. The van der Waals surface area contributed by atoms with Crippen LogP contribution in [0.2, 0.25) is 5.02 Å². The molecule has 5 nitrogen and oxygen atoms in total. The lowest BCUT2D eigenvalue weighted by molar-refractivity contribution is 0.0976. The van der Waals surface area contributed by atoms with Crippen LogP contribution in [0.4, 0.5) is 0 Å². The first kappa shape index (κ1) is 14.9. The minimum absolute atomic E-state index is 0.0149. The molecule has 0 amide bonds. The Bertz CT molecular complexity index is 1000. The second kappa shape index (κ2) is 6.03. The van der Waals surface area contributed by atoms with Crippen LogP contribution in [-0.4, -0.2) is 15.8 Å². The van der Waals surface area contributed by atoms with Crippen molar-refractivity contribution >= 4 is 28.3 Å². The highest BCUT2D eigenvalue weighted by molar-refractivity contribution is 6.34. The summed E-state index contributed by atoms with van der Waals surface area (Å²) in [6.07, 6.45) is 0. The van der Waals surface area contributed by atoms with Gasteiger partial charge >= 0.3 is 0 Å². The Morgan fingerprint density at radius 2 is 1.87 bits per heavy atom. The van der Waals surface area contributed by atoms with Crippen molar-refractivity contribution in [2.24, 2.45) is 0 Å². The number of halogens is 1. The number of nitriles is 1. The van der Waals surface area contributed by atoms with E-state index in [-0.39, 0.29) is 16.4 Å². The molecule has 0 aliphatic rings. The Morgan fingerprint density at radius 3 is 2.61 bits per heavy atom. The Balaban J connectivity index is 2.12. The molecule has 6 heteroatoms. The molecule has 0 bridgehead atoms. The first-order valence-electron chi connectivity index (χ1n) is 6.79. The molecule has 1 heterocycles. The van der Waals surface area contributed by atoms with Crippen molar-refractivity contribution in [3.63, 3.8) is 0 Å². The zero-order valence-electron chi connectivity index (χ0n) is 11.8. The maximum absolute atomic E-state index is 12.6. The van der Waals surface area contributed by atoms with Crippen LogP contribution in [0.1, 0.15) is 22.1 Å². The van der Waals surface area contributed by atoms with Crippen molar-refractivity contribution in [3.05, 3.63) is 75.3 Å². The Labute approximate surface area is 136 Å². The van der Waals surface area contributed by atoms with Gasteiger partial charge in [0.2, 0.25) is 0 Å². The number of H-pyrrole nitrogens is 1. The molecule has 0 radical (unpaired) electrons. The summed E-state index contributed by atoms with van der Waals surface area (Å²) in [4.78, 5) is 31.4. The van der Waals surface area contributed by atoms with Crippen LogP contribution in [0, 0.1) is 11.3 Å². The zero-order chi connectivity index (χ0) is 16.4. The summed E-state index contributed by atoms with van der Waals surface area (Å²) in [5.41, 5.74) is 0.257. The van der Waals surface area contributed by atoms with Crippen LogP contribution >= 0.6 is 11.6 Å². The quantitative estimate of drug-likeness (QED) is 0.750. The molecule has 0 aliphatic heterocycles. The molecule has 1 aromatic heterocycles. The number of fused-ring (bicyclic) bond motifs is 1. The van der Waals surface area contributed by atoms with E-state index in [9.17, 15) is 14.9 Å². The summed E-state index contributed by atoms with van der Waals surface area (Å²) in [6.45, 7) is 0. The van der Waals surface area contributed by atoms with Crippen molar-refractivity contribution in [2.45, 2.75) is 5.92 Å². The van der Waals surface area contributed by atoms with E-state index in [2.05, 4.69) is 9.97 Å². The van der Waals surface area contributed by atoms with Gasteiger partial charge in [0, 0.05) is 5.56 Å². The first-order chi connectivity index (χ1) is 11.1. The van der Waals surface area contributed by atoms with Crippen LogP contribution in [0.25, 0.3) is 10.9 Å². The van der Waals surface area contributed by atoms with Gasteiger partial charge in [0.05, 0.1) is 22.0 Å². The highest BCUT2D eigenvalue weighted by atomic mass is 35.5. The summed E-state index contributed by atoms with van der Waals surface area (Å²) >= 11 is 6.01. The standard InChI is InChI=1S/C17H10ClN3O2/c18-13-7-3-1-5-10(13)15(22)12(9-19)16-20-14-8-4-2-6-11(14)17(23)21-16/h1-8,12H,(H,20,21,23). The van der Waals surface area contributed by atoms with Crippen LogP contribution in [0.3, 0.4) is 0 Å². The SMILES string of the molecule is N#CC(C(=O)c1ccccc1Cl)c1nc2ccccc2c(=O)[nH]1. The van der Waals surface area contributed by atoms with Gasteiger partial charge in [-0.15, -0.1) is 0 Å². The molecule has 0 saturated heterocycles. The Kier molecular flexibility index (Phi) is 3.92. The van der Waals surface area contributed by atoms with E-state index in [0.29, 0.717) is 10.9 Å². The maximum atomic E-state index is 12.6. The number of benzene rings is 2. The normalized spacial score (nSPS) is 11.8. The highest BCUT2D eigenvalue weighted by Gasteiger charge is 2.26. The van der Waals surface area contributed by atoms with Crippen molar-refractivity contribution in [1.82, 2.24) is 9.97 Å². The van der Waals surface area contributed by atoms with E-state index in [0.717, 1.165) is 0 Å². The Hall–Kier alpha value is -2.97. The second-order valence-electron chi connectivity index (χ2n) is 4.87. The minimum atomic E-state index is -1.23. The average molecular weight is 324 g/mol. The zero-order valence-corrected chi connectivity index (χ0v) is 12.5. The summed E-state index contributed by atoms with van der Waals surface area (Å²) in [5, 5.41) is 10.0. The third-order valence-corrected chi connectivity index (χ3v) is 3.76. The number of carbonyl (C=O) groups excluding carboxylic acids is 1. The number of para-hydroxylation sites is 1. The molecule has 3 rings (SSSR count). The smallest absolute Gasteiger partial charge is 0.258 e. The fourth-order valence-corrected chi connectivity index (χ4v) is 2.53. The van der Waals surface area contributed by atoms with Crippen molar-refractivity contribution in [2.75, 3.05) is 0 Å². The fourth-order valence-electron chi connectivity index (χ4n) is 2.30. The van der Waals surface area contributed by atoms with Crippen LogP contribution in [-0.2, 0) is 0 Å². The van der Waals surface area contributed by atoms with Crippen molar-refractivity contribution in [3.8, 4) is 6.07 Å². The van der Waals surface area contributed by atoms with E-state index < -0.39 is 17.3 Å². The number of carbonyl (C=O) groups is 1. The molecule has 1 unspecified atom stereocenters. The number of aromatic amines is 1. The summed E-state index contributed by atoms with van der Waals surface area (Å²) < 4.78 is 0. The third-order valence-electron chi connectivity index (χ3n) is 3.44. The van der Waals surface area contributed by atoms with Gasteiger partial charge in [0.15, 0.2) is 11.7 Å². The predicted molar refractivity (Wildman–Crippen MR) is 86.5 cm³/mol. The molecule has 3 aromatic rings. The topological polar surface area (TPSA) is 86.6 Å². The monoisotopic (exact) mass is 323 g/mol. The van der Waals surface area contributed by atoms with Crippen LogP contribution in [0.15, 0.2) is 53.3 Å². The second-order valence-corrected chi connectivity index (χ2v) is 5.28. The predicted octanol–water partition coefficient (Wildman–Crippen LogP) is 3.07. The van der Waals surface area contributed by atoms with Gasteiger partial charge in [-0.1, -0.05) is 35.9 Å². The number of Topliss-reactive ketones (excluding diaryl/α,β-unsaturated/α-hetero) is 1. The minimum Gasteiger partial charge on any atom is -0.308 e. The number of nitrogens with one attached hydrogen (secondary N) is 1. The molecule has 2 aromatic carbocycles. The van der Waals surface area contributed by atoms with Gasteiger partial charge in [0.25, 0.3) is 5.56 Å². The molecule has 1 N–H and O–H groups in total. The molecular weight excluding hydrogens is 314 g/mol. The van der Waals surface area contributed by atoms with Gasteiger partial charge in [-0.25, -0.2) is 4.98 Å². The average Bonchev–Trinajstić information content (AvgIpc) is 2.56. The summed E-state index contributed by atoms with van der Waals surface area (Å²) in [6, 6.07) is 15.1. The molecule has 0 saturated carbocycles. The maximum Gasteiger partial charge on any atom is 0.258 e. The lowest BCUT2D eigenvalue weighted by Crippen LogP contribution is -2.20. The third kappa shape index (κ3) is 2.72. The molecule has 112 valence electrons. The lowest BCUT2D eigenvalue weighted by Gasteiger charge is -2.09. The molecular formula is C17H10ClN3O2. The van der Waals surface area contributed by atoms with Crippen LogP contribution < -0.4 is 5.56 Å². The van der Waals surface area contributed by atoms with Gasteiger partial charge in [-0.2, -0.15) is 5.26 Å². The van der Waals surface area contributed by atoms with E-state index in [1.54, 1.807) is 42.5 Å². The first-order valence-corrected chi connectivity index (χ1v) is 7.17. The number of ketones is 1. The van der Waals surface area contributed by atoms with Gasteiger partial charge in [-0.05, 0) is 24.3 Å². The van der Waals surface area contributed by atoms with Crippen LogP contribution in [0.5, 0.6) is 0 Å². The largest absolute Gasteiger partial charge is 0.308 e. The fraction of sp³-hybridized carbons (Fsp3) is 0.0588. The molecule has 0 spiro atoms. The van der Waals surface area contributed by atoms with Gasteiger partial charge in [0.1, 0.15) is 5.82 Å². The van der Waals surface area contributed by atoms with Crippen molar-refractivity contribution < 1.29 is 4.79 Å². The van der Waals surface area contributed by atoms with Gasteiger partial charge in [-0.3, -0.25) is 9.59 Å². The van der Waals surface area contributed by atoms with Crippen molar-refractivity contribution in [1.29, 1.82) is 5.26 Å². The van der Waals surface area contributed by atoms with E-state index in [1.807, 2.05) is 6.07 Å². The number of aromatic nitrogens is 2. The highest BCUT2D eigenvalue weighted by Crippen LogP contribution is 2.23. The van der Waals surface area contributed by atoms with Gasteiger partial charge < -0.3 is 4.98 Å². The number of hydrogen-bond donors (Lipinski definition) is 1. The number of rotatable bonds is 3. The molecule has 0 aliphatic carbocycles. The Morgan fingerprint density at radius 1 is 1.17 bits per heavy atom.